The first kappa shape index (κ1) is 17.5. The van der Waals surface area contributed by atoms with Crippen molar-refractivity contribution in [3.8, 4) is 5.75 Å². The largest absolute Gasteiger partial charge is 0.496 e. The van der Waals surface area contributed by atoms with E-state index < -0.39 is 17.4 Å². The molecule has 0 radical (unpaired) electrons. The standard InChI is InChI=1S/C15H19BrO5/c1-5-20-13(17)15(3,14(18)21-6-2)10-7-8-12(19-4)11(16)9-10/h7-9H,5-6H2,1-4H3. The molecule has 0 fully saturated rings. The Morgan fingerprint density at radius 2 is 1.67 bits per heavy atom. The van der Waals surface area contributed by atoms with Crippen molar-refractivity contribution in [2.75, 3.05) is 20.3 Å². The van der Waals surface area contributed by atoms with Crippen molar-refractivity contribution in [3.05, 3.63) is 28.2 Å². The second-order valence-corrected chi connectivity index (χ2v) is 5.27. The summed E-state index contributed by atoms with van der Waals surface area (Å²) >= 11 is 3.35. The molecule has 6 heteroatoms. The molecule has 0 bridgehead atoms. The fraction of sp³-hybridized carbons (Fsp3) is 0.467. The van der Waals surface area contributed by atoms with E-state index >= 15 is 0 Å². The fourth-order valence-corrected chi connectivity index (χ4v) is 2.39. The summed E-state index contributed by atoms with van der Waals surface area (Å²) in [7, 11) is 1.54. The first-order chi connectivity index (χ1) is 9.91. The van der Waals surface area contributed by atoms with Gasteiger partial charge in [-0.05, 0) is 54.4 Å². The maximum atomic E-state index is 12.3. The number of carbonyl (C=O) groups excluding carboxylic acids is 2. The number of benzene rings is 1. The number of esters is 2. The monoisotopic (exact) mass is 358 g/mol. The van der Waals surface area contributed by atoms with Gasteiger partial charge >= 0.3 is 11.9 Å². The van der Waals surface area contributed by atoms with Gasteiger partial charge in [-0.3, -0.25) is 9.59 Å². The summed E-state index contributed by atoms with van der Waals surface area (Å²) in [4.78, 5) is 24.6. The van der Waals surface area contributed by atoms with Crippen LogP contribution < -0.4 is 4.74 Å². The van der Waals surface area contributed by atoms with Crippen molar-refractivity contribution in [2.24, 2.45) is 0 Å². The summed E-state index contributed by atoms with van der Waals surface area (Å²) < 4.78 is 15.9. The molecule has 0 aliphatic rings. The van der Waals surface area contributed by atoms with Gasteiger partial charge in [0, 0.05) is 0 Å². The minimum Gasteiger partial charge on any atom is -0.496 e. The molecule has 116 valence electrons. The highest BCUT2D eigenvalue weighted by Gasteiger charge is 2.46. The molecular formula is C15H19BrO5. The molecule has 0 aliphatic heterocycles. The van der Waals surface area contributed by atoms with Crippen LogP contribution >= 0.6 is 15.9 Å². The average Bonchev–Trinajstić information content (AvgIpc) is 2.46. The lowest BCUT2D eigenvalue weighted by Crippen LogP contribution is -2.43. The molecule has 0 amide bonds. The predicted molar refractivity (Wildman–Crippen MR) is 81.3 cm³/mol. The summed E-state index contributed by atoms with van der Waals surface area (Å²) in [5, 5.41) is 0. The number of hydrogen-bond acceptors (Lipinski definition) is 5. The van der Waals surface area contributed by atoms with E-state index in [0.717, 1.165) is 0 Å². The van der Waals surface area contributed by atoms with Crippen LogP contribution in [0.2, 0.25) is 0 Å². The van der Waals surface area contributed by atoms with Crippen LogP contribution in [0, 0.1) is 0 Å². The van der Waals surface area contributed by atoms with Crippen LogP contribution in [-0.4, -0.2) is 32.3 Å². The molecule has 0 spiro atoms. The Morgan fingerprint density at radius 3 is 2.05 bits per heavy atom. The number of hydrogen-bond donors (Lipinski definition) is 0. The fourth-order valence-electron chi connectivity index (χ4n) is 1.85. The third-order valence-corrected chi connectivity index (χ3v) is 3.72. The summed E-state index contributed by atoms with van der Waals surface area (Å²) in [6.07, 6.45) is 0. The molecule has 0 unspecified atom stereocenters. The minimum absolute atomic E-state index is 0.186. The van der Waals surface area contributed by atoms with Crippen LogP contribution in [0.3, 0.4) is 0 Å². The van der Waals surface area contributed by atoms with Crippen molar-refractivity contribution in [1.82, 2.24) is 0 Å². The smallest absolute Gasteiger partial charge is 0.327 e. The zero-order valence-electron chi connectivity index (χ0n) is 12.6. The second kappa shape index (κ2) is 7.45. The normalized spacial score (nSPS) is 10.9. The van der Waals surface area contributed by atoms with Crippen LogP contribution in [0.15, 0.2) is 22.7 Å². The molecule has 0 aromatic heterocycles. The highest BCUT2D eigenvalue weighted by molar-refractivity contribution is 9.10. The Hall–Kier alpha value is -1.56. The van der Waals surface area contributed by atoms with Crippen LogP contribution in [-0.2, 0) is 24.5 Å². The Kier molecular flexibility index (Phi) is 6.20. The number of ether oxygens (including phenoxy) is 3. The Morgan fingerprint density at radius 1 is 1.14 bits per heavy atom. The van der Waals surface area contributed by atoms with E-state index in [9.17, 15) is 9.59 Å². The molecule has 0 atom stereocenters. The van der Waals surface area contributed by atoms with Crippen molar-refractivity contribution in [3.63, 3.8) is 0 Å². The van der Waals surface area contributed by atoms with Gasteiger partial charge in [-0.2, -0.15) is 0 Å². The van der Waals surface area contributed by atoms with Crippen molar-refractivity contribution in [2.45, 2.75) is 26.2 Å². The first-order valence-electron chi connectivity index (χ1n) is 6.60. The summed E-state index contributed by atoms with van der Waals surface area (Å²) in [5.41, 5.74) is -1.03. The Labute approximate surface area is 132 Å². The van der Waals surface area contributed by atoms with Gasteiger partial charge in [-0.1, -0.05) is 6.07 Å². The molecule has 0 N–H and O–H groups in total. The van der Waals surface area contributed by atoms with Gasteiger partial charge in [0.25, 0.3) is 0 Å². The van der Waals surface area contributed by atoms with Gasteiger partial charge in [0.15, 0.2) is 5.41 Å². The van der Waals surface area contributed by atoms with E-state index in [-0.39, 0.29) is 13.2 Å². The van der Waals surface area contributed by atoms with E-state index in [0.29, 0.717) is 15.8 Å². The van der Waals surface area contributed by atoms with Crippen molar-refractivity contribution < 1.29 is 23.8 Å². The van der Waals surface area contributed by atoms with Crippen LogP contribution in [0.4, 0.5) is 0 Å². The molecule has 0 saturated carbocycles. The highest BCUT2D eigenvalue weighted by atomic mass is 79.9. The number of halogens is 1. The average molecular weight is 359 g/mol. The van der Waals surface area contributed by atoms with E-state index in [1.807, 2.05) is 0 Å². The van der Waals surface area contributed by atoms with Crippen molar-refractivity contribution >= 4 is 27.9 Å². The van der Waals surface area contributed by atoms with Crippen molar-refractivity contribution in [1.29, 1.82) is 0 Å². The molecule has 5 nitrogen and oxygen atoms in total. The van der Waals surface area contributed by atoms with Gasteiger partial charge in [0.1, 0.15) is 5.75 Å². The van der Waals surface area contributed by atoms with E-state index in [1.54, 1.807) is 32.0 Å². The Bertz CT molecular complexity index is 509. The maximum absolute atomic E-state index is 12.3. The third-order valence-electron chi connectivity index (χ3n) is 3.10. The van der Waals surface area contributed by atoms with Gasteiger partial charge in [-0.15, -0.1) is 0 Å². The van der Waals surface area contributed by atoms with Crippen LogP contribution in [0.1, 0.15) is 26.3 Å². The topological polar surface area (TPSA) is 61.8 Å². The van der Waals surface area contributed by atoms with E-state index in [4.69, 9.17) is 14.2 Å². The van der Waals surface area contributed by atoms with E-state index in [2.05, 4.69) is 15.9 Å². The molecule has 0 heterocycles. The maximum Gasteiger partial charge on any atom is 0.327 e. The molecule has 21 heavy (non-hydrogen) atoms. The lowest BCUT2D eigenvalue weighted by Gasteiger charge is -2.25. The zero-order valence-corrected chi connectivity index (χ0v) is 14.2. The third kappa shape index (κ3) is 3.56. The molecule has 1 aromatic carbocycles. The van der Waals surface area contributed by atoms with Crippen LogP contribution in [0.5, 0.6) is 5.75 Å². The van der Waals surface area contributed by atoms with Gasteiger partial charge in [-0.25, -0.2) is 0 Å². The first-order valence-corrected chi connectivity index (χ1v) is 7.39. The predicted octanol–water partition coefficient (Wildman–Crippen LogP) is 2.84. The minimum atomic E-state index is -1.51. The van der Waals surface area contributed by atoms with Gasteiger partial charge in [0.05, 0.1) is 24.8 Å². The zero-order chi connectivity index (χ0) is 16.0. The SMILES string of the molecule is CCOC(=O)C(C)(C(=O)OCC)c1ccc(OC)c(Br)c1. The molecular weight excluding hydrogens is 340 g/mol. The summed E-state index contributed by atoms with van der Waals surface area (Å²) in [5.74, 6) is -0.671. The number of methoxy groups -OCH3 is 1. The summed E-state index contributed by atoms with van der Waals surface area (Å²) in [6, 6.07) is 4.99. The quantitative estimate of drug-likeness (QED) is 0.577. The van der Waals surface area contributed by atoms with Crippen LogP contribution in [0.25, 0.3) is 0 Å². The molecule has 1 aromatic rings. The summed E-state index contributed by atoms with van der Waals surface area (Å²) in [6.45, 7) is 5.24. The molecule has 1 rings (SSSR count). The molecule has 0 saturated heterocycles. The molecule has 0 aliphatic carbocycles. The highest BCUT2D eigenvalue weighted by Crippen LogP contribution is 2.33. The number of carbonyl (C=O) groups is 2. The Balaban J connectivity index is 3.33. The van der Waals surface area contributed by atoms with E-state index in [1.165, 1.54) is 14.0 Å². The van der Waals surface area contributed by atoms with Gasteiger partial charge < -0.3 is 14.2 Å². The lowest BCUT2D eigenvalue weighted by atomic mass is 9.82. The van der Waals surface area contributed by atoms with Gasteiger partial charge in [0.2, 0.25) is 0 Å². The number of rotatable bonds is 6. The lowest BCUT2D eigenvalue weighted by molar-refractivity contribution is -0.163. The second-order valence-electron chi connectivity index (χ2n) is 4.42.